The maximum atomic E-state index is 12.1. The molecule has 3 heteroatoms. The van der Waals surface area contributed by atoms with Gasteiger partial charge in [-0.15, -0.1) is 0 Å². The average Bonchev–Trinajstić information content (AvgIpc) is 2.80. The molecule has 0 aromatic heterocycles. The Bertz CT molecular complexity index is 499. The fourth-order valence-electron chi connectivity index (χ4n) is 3.11. The molecule has 0 spiro atoms. The van der Waals surface area contributed by atoms with Crippen molar-refractivity contribution >= 4 is 14.0 Å². The van der Waals surface area contributed by atoms with Gasteiger partial charge in [-0.25, -0.2) is 0 Å². The highest BCUT2D eigenvalue weighted by molar-refractivity contribution is 6.81. The summed E-state index contributed by atoms with van der Waals surface area (Å²) in [7, 11) is 0.249. The zero-order chi connectivity index (χ0) is 14.8. The lowest BCUT2D eigenvalue weighted by molar-refractivity contribution is -0.145. The highest BCUT2D eigenvalue weighted by Crippen LogP contribution is 2.43. The Morgan fingerprint density at radius 2 is 1.85 bits per heavy atom. The number of hydrogen-bond donors (Lipinski definition) is 0. The van der Waals surface area contributed by atoms with E-state index in [9.17, 15) is 4.79 Å². The standard InChI is InChI=1S/C17H24O2Si/c1-19-17(18)16-11-13(12-20(2,3)4)10-15(16)14-8-6-5-7-9-14/h5-9,12,15-16H,10-11H2,1-4H3/b13-12+. The zero-order valence-electron chi connectivity index (χ0n) is 12.8. The van der Waals surface area contributed by atoms with E-state index in [2.05, 4.69) is 37.5 Å². The van der Waals surface area contributed by atoms with Crippen LogP contribution in [0.3, 0.4) is 0 Å². The summed E-state index contributed by atoms with van der Waals surface area (Å²) in [5.74, 6) is 0.175. The second-order valence-corrected chi connectivity index (χ2v) is 11.7. The monoisotopic (exact) mass is 288 g/mol. The Morgan fingerprint density at radius 1 is 1.20 bits per heavy atom. The minimum atomic E-state index is -1.24. The van der Waals surface area contributed by atoms with Crippen molar-refractivity contribution in [2.24, 2.45) is 5.92 Å². The second-order valence-electron chi connectivity index (χ2n) is 6.72. The summed E-state index contributed by atoms with van der Waals surface area (Å²) in [5.41, 5.74) is 5.14. The molecule has 2 rings (SSSR count). The lowest BCUT2D eigenvalue weighted by Crippen LogP contribution is -2.19. The fraction of sp³-hybridized carbons (Fsp3) is 0.471. The average molecular weight is 288 g/mol. The Balaban J connectivity index is 2.29. The highest BCUT2D eigenvalue weighted by atomic mass is 28.3. The van der Waals surface area contributed by atoms with Gasteiger partial charge in [-0.2, -0.15) is 0 Å². The van der Waals surface area contributed by atoms with Crippen LogP contribution in [0.25, 0.3) is 0 Å². The van der Waals surface area contributed by atoms with E-state index in [0.29, 0.717) is 0 Å². The number of allylic oxidation sites excluding steroid dienone is 1. The van der Waals surface area contributed by atoms with Crippen molar-refractivity contribution in [2.75, 3.05) is 7.11 Å². The van der Waals surface area contributed by atoms with Gasteiger partial charge in [-0.05, 0) is 18.4 Å². The summed E-state index contributed by atoms with van der Waals surface area (Å²) in [6.07, 6.45) is 1.85. The molecular weight excluding hydrogens is 264 g/mol. The summed E-state index contributed by atoms with van der Waals surface area (Å²) in [6.45, 7) is 7.01. The summed E-state index contributed by atoms with van der Waals surface area (Å²) >= 11 is 0. The Morgan fingerprint density at radius 3 is 2.40 bits per heavy atom. The first kappa shape index (κ1) is 15.0. The first-order valence-electron chi connectivity index (χ1n) is 7.24. The van der Waals surface area contributed by atoms with Crippen LogP contribution in [-0.4, -0.2) is 21.2 Å². The number of rotatable bonds is 3. The molecule has 2 nitrogen and oxygen atoms in total. The Kier molecular flexibility index (Phi) is 4.48. The molecule has 0 bridgehead atoms. The molecule has 108 valence electrons. The minimum absolute atomic E-state index is 0.0231. The van der Waals surface area contributed by atoms with Gasteiger partial charge in [-0.3, -0.25) is 4.79 Å². The largest absolute Gasteiger partial charge is 0.469 e. The summed E-state index contributed by atoms with van der Waals surface area (Å²) in [6, 6.07) is 10.4. The number of carbonyl (C=O) groups excluding carboxylic acids is 1. The molecule has 0 radical (unpaired) electrons. The zero-order valence-corrected chi connectivity index (χ0v) is 13.8. The van der Waals surface area contributed by atoms with Gasteiger partial charge in [-0.1, -0.05) is 61.2 Å². The molecule has 1 aliphatic carbocycles. The van der Waals surface area contributed by atoms with Crippen molar-refractivity contribution in [3.8, 4) is 0 Å². The van der Waals surface area contributed by atoms with Crippen molar-refractivity contribution in [3.63, 3.8) is 0 Å². The molecule has 0 saturated heterocycles. The molecule has 1 saturated carbocycles. The second kappa shape index (κ2) is 5.96. The smallest absolute Gasteiger partial charge is 0.309 e. The molecule has 0 N–H and O–H groups in total. The molecule has 1 aromatic carbocycles. The van der Waals surface area contributed by atoms with Crippen LogP contribution >= 0.6 is 0 Å². The van der Waals surface area contributed by atoms with Crippen LogP contribution in [0.5, 0.6) is 0 Å². The van der Waals surface area contributed by atoms with Gasteiger partial charge in [0.25, 0.3) is 0 Å². The molecule has 0 amide bonds. The molecule has 0 heterocycles. The van der Waals surface area contributed by atoms with E-state index in [0.717, 1.165) is 12.8 Å². The number of hydrogen-bond acceptors (Lipinski definition) is 2. The normalized spacial score (nSPS) is 24.9. The van der Waals surface area contributed by atoms with E-state index >= 15 is 0 Å². The van der Waals surface area contributed by atoms with Crippen LogP contribution in [0.4, 0.5) is 0 Å². The van der Waals surface area contributed by atoms with Crippen molar-refractivity contribution in [1.29, 1.82) is 0 Å². The van der Waals surface area contributed by atoms with Crippen LogP contribution in [0.2, 0.25) is 19.6 Å². The maximum absolute atomic E-state index is 12.1. The van der Waals surface area contributed by atoms with Crippen molar-refractivity contribution in [2.45, 2.75) is 38.4 Å². The quantitative estimate of drug-likeness (QED) is 0.617. The third-order valence-electron chi connectivity index (χ3n) is 3.82. The molecule has 20 heavy (non-hydrogen) atoms. The number of benzene rings is 1. The molecular formula is C17H24O2Si. The van der Waals surface area contributed by atoms with Crippen molar-refractivity contribution in [3.05, 3.63) is 47.2 Å². The van der Waals surface area contributed by atoms with Gasteiger partial charge < -0.3 is 4.74 Å². The van der Waals surface area contributed by atoms with E-state index in [-0.39, 0.29) is 17.8 Å². The predicted molar refractivity (Wildman–Crippen MR) is 85.4 cm³/mol. The Hall–Kier alpha value is -1.35. The lowest BCUT2D eigenvalue weighted by atomic mass is 9.89. The number of carbonyl (C=O) groups is 1. The van der Waals surface area contributed by atoms with E-state index in [4.69, 9.17) is 4.74 Å². The number of ether oxygens (including phenoxy) is 1. The first-order chi connectivity index (χ1) is 9.40. The van der Waals surface area contributed by atoms with Gasteiger partial charge in [0.1, 0.15) is 0 Å². The van der Waals surface area contributed by atoms with Crippen LogP contribution in [0.15, 0.2) is 41.6 Å². The molecule has 0 aliphatic heterocycles. The Labute approximate surface area is 122 Å². The van der Waals surface area contributed by atoms with E-state index in [1.165, 1.54) is 18.2 Å². The van der Waals surface area contributed by atoms with E-state index < -0.39 is 8.07 Å². The summed E-state index contributed by atoms with van der Waals surface area (Å²) in [5, 5.41) is 0. The van der Waals surface area contributed by atoms with E-state index in [1.807, 2.05) is 18.2 Å². The maximum Gasteiger partial charge on any atom is 0.309 e. The van der Waals surface area contributed by atoms with Crippen LogP contribution in [0.1, 0.15) is 24.3 Å². The third kappa shape index (κ3) is 3.60. The number of esters is 1. The first-order valence-corrected chi connectivity index (χ1v) is 10.8. The SMILES string of the molecule is COC(=O)C1C/C(=C/[Si](C)(C)C)CC1c1ccccc1. The molecule has 2 unspecified atom stereocenters. The minimum Gasteiger partial charge on any atom is -0.469 e. The molecule has 1 aromatic rings. The number of methoxy groups -OCH3 is 1. The fourth-order valence-corrected chi connectivity index (χ4v) is 4.57. The summed E-state index contributed by atoms with van der Waals surface area (Å²) in [4.78, 5) is 12.1. The van der Waals surface area contributed by atoms with Gasteiger partial charge in [0, 0.05) is 5.92 Å². The molecule has 2 atom stereocenters. The topological polar surface area (TPSA) is 26.3 Å². The van der Waals surface area contributed by atoms with Crippen LogP contribution in [0, 0.1) is 5.92 Å². The predicted octanol–water partition coefficient (Wildman–Crippen LogP) is 4.16. The van der Waals surface area contributed by atoms with Crippen molar-refractivity contribution < 1.29 is 9.53 Å². The van der Waals surface area contributed by atoms with Crippen LogP contribution < -0.4 is 0 Å². The van der Waals surface area contributed by atoms with Crippen molar-refractivity contribution in [1.82, 2.24) is 0 Å². The van der Waals surface area contributed by atoms with Gasteiger partial charge in [0.15, 0.2) is 0 Å². The molecule has 1 fully saturated rings. The van der Waals surface area contributed by atoms with E-state index in [1.54, 1.807) is 0 Å². The summed E-state index contributed by atoms with van der Waals surface area (Å²) < 4.78 is 5.01. The highest BCUT2D eigenvalue weighted by Gasteiger charge is 2.37. The van der Waals surface area contributed by atoms with Gasteiger partial charge in [0.05, 0.1) is 21.1 Å². The third-order valence-corrected chi connectivity index (χ3v) is 5.09. The van der Waals surface area contributed by atoms with Crippen LogP contribution in [-0.2, 0) is 9.53 Å². The molecule has 1 aliphatic rings. The lowest BCUT2D eigenvalue weighted by Gasteiger charge is -2.17. The van der Waals surface area contributed by atoms with Gasteiger partial charge >= 0.3 is 5.97 Å². The van der Waals surface area contributed by atoms with Gasteiger partial charge in [0.2, 0.25) is 0 Å².